The van der Waals surface area contributed by atoms with Gasteiger partial charge in [-0.2, -0.15) is 24.5 Å². The molecule has 1 unspecified atom stereocenters. The smallest absolute Gasteiger partial charge is 0.346 e. The Hall–Kier alpha value is -1.08. The van der Waals surface area contributed by atoms with Crippen LogP contribution in [-0.4, -0.2) is 31.2 Å². The van der Waals surface area contributed by atoms with E-state index in [-0.39, 0.29) is 0 Å². The van der Waals surface area contributed by atoms with Crippen LogP contribution in [0.4, 0.5) is 13.2 Å². The van der Waals surface area contributed by atoms with Crippen molar-refractivity contribution in [3.63, 3.8) is 0 Å². The lowest BCUT2D eigenvalue weighted by atomic mass is 10.2. The fourth-order valence-electron chi connectivity index (χ4n) is 1.30. The van der Waals surface area contributed by atoms with Gasteiger partial charge in [-0.25, -0.2) is 0 Å². The molecule has 102 valence electrons. The molecule has 0 aromatic carbocycles. The number of halogens is 3. The average Bonchev–Trinajstić information content (AvgIpc) is 2.77. The third-order valence-corrected chi connectivity index (χ3v) is 3.03. The topological polar surface area (TPSA) is 41.1 Å². The summed E-state index contributed by atoms with van der Waals surface area (Å²) < 4.78 is 35.6. The van der Waals surface area contributed by atoms with Gasteiger partial charge < -0.3 is 10.6 Å². The number of nitrogens with one attached hydrogen (secondary N) is 2. The van der Waals surface area contributed by atoms with Gasteiger partial charge in [-0.05, 0) is 42.3 Å². The summed E-state index contributed by atoms with van der Waals surface area (Å²) in [6, 6.07) is 1.34. The average molecular weight is 280 g/mol. The first kappa shape index (κ1) is 15.0. The van der Waals surface area contributed by atoms with E-state index < -0.39 is 24.7 Å². The van der Waals surface area contributed by atoms with Crippen molar-refractivity contribution in [1.82, 2.24) is 10.6 Å². The molecule has 0 aliphatic carbocycles. The normalized spacial score (nSPS) is 13.3. The molecule has 0 bridgehead atoms. The number of carbonyl (C=O) groups is 1. The van der Waals surface area contributed by atoms with Crippen LogP contribution in [0.2, 0.25) is 0 Å². The molecule has 7 heteroatoms. The van der Waals surface area contributed by atoms with Gasteiger partial charge in [0, 0.05) is 0 Å². The summed E-state index contributed by atoms with van der Waals surface area (Å²) in [5, 5.41) is 8.67. The number of hydrogen-bond acceptors (Lipinski definition) is 3. The number of amides is 1. The third kappa shape index (κ3) is 6.02. The van der Waals surface area contributed by atoms with Crippen molar-refractivity contribution in [1.29, 1.82) is 0 Å². The molecule has 3 nitrogen and oxygen atoms in total. The van der Waals surface area contributed by atoms with E-state index in [9.17, 15) is 18.0 Å². The third-order valence-electron chi connectivity index (χ3n) is 2.30. The summed E-state index contributed by atoms with van der Waals surface area (Å²) in [7, 11) is 0. The summed E-state index contributed by atoms with van der Waals surface area (Å²) in [5.74, 6) is -0.641. The zero-order chi connectivity index (χ0) is 13.6. The first-order chi connectivity index (χ1) is 8.38. The highest BCUT2D eigenvalue weighted by atomic mass is 32.1. The molecule has 1 atom stereocenters. The predicted octanol–water partition coefficient (Wildman–Crippen LogP) is 1.95. The van der Waals surface area contributed by atoms with Crippen LogP contribution < -0.4 is 10.6 Å². The summed E-state index contributed by atoms with van der Waals surface area (Å²) in [6.45, 7) is 0.805. The van der Waals surface area contributed by atoms with Gasteiger partial charge in [-0.15, -0.1) is 0 Å². The maximum Gasteiger partial charge on any atom is 0.405 e. The second-order valence-electron chi connectivity index (χ2n) is 3.89. The lowest BCUT2D eigenvalue weighted by molar-refractivity contribution is -0.139. The SMILES string of the molecule is CC(NCCc1ccsc1)C(=O)NCC(F)(F)F. The van der Waals surface area contributed by atoms with Gasteiger partial charge in [-0.3, -0.25) is 4.79 Å². The molecule has 0 aliphatic rings. The van der Waals surface area contributed by atoms with E-state index in [4.69, 9.17) is 0 Å². The van der Waals surface area contributed by atoms with Gasteiger partial charge >= 0.3 is 6.18 Å². The van der Waals surface area contributed by atoms with Crippen molar-refractivity contribution < 1.29 is 18.0 Å². The monoisotopic (exact) mass is 280 g/mol. The zero-order valence-electron chi connectivity index (χ0n) is 9.88. The minimum Gasteiger partial charge on any atom is -0.346 e. The fourth-order valence-corrected chi connectivity index (χ4v) is 2.00. The van der Waals surface area contributed by atoms with Crippen LogP contribution in [0, 0.1) is 0 Å². The second-order valence-corrected chi connectivity index (χ2v) is 4.67. The molecule has 1 aromatic heterocycles. The van der Waals surface area contributed by atoms with Crippen LogP contribution in [0.25, 0.3) is 0 Å². The number of alkyl halides is 3. The van der Waals surface area contributed by atoms with E-state index in [0.717, 1.165) is 12.0 Å². The fraction of sp³-hybridized carbons (Fsp3) is 0.545. The lowest BCUT2D eigenvalue weighted by Gasteiger charge is -2.14. The van der Waals surface area contributed by atoms with Crippen molar-refractivity contribution in [2.75, 3.05) is 13.1 Å². The molecule has 2 N–H and O–H groups in total. The minimum atomic E-state index is -4.37. The largest absolute Gasteiger partial charge is 0.405 e. The number of carbonyl (C=O) groups excluding carboxylic acids is 1. The van der Waals surface area contributed by atoms with E-state index in [1.807, 2.05) is 22.1 Å². The van der Waals surface area contributed by atoms with E-state index in [1.165, 1.54) is 0 Å². The van der Waals surface area contributed by atoms with E-state index in [1.54, 1.807) is 18.3 Å². The van der Waals surface area contributed by atoms with Gasteiger partial charge in [0.15, 0.2) is 0 Å². The molecule has 0 fully saturated rings. The Morgan fingerprint density at radius 2 is 2.22 bits per heavy atom. The predicted molar refractivity (Wildman–Crippen MR) is 64.6 cm³/mol. The van der Waals surface area contributed by atoms with Gasteiger partial charge in [0.1, 0.15) is 6.54 Å². The highest BCUT2D eigenvalue weighted by Gasteiger charge is 2.28. The van der Waals surface area contributed by atoms with Gasteiger partial charge in [0.05, 0.1) is 6.04 Å². The highest BCUT2D eigenvalue weighted by Crippen LogP contribution is 2.12. The Morgan fingerprint density at radius 1 is 1.50 bits per heavy atom. The van der Waals surface area contributed by atoms with Crippen LogP contribution in [-0.2, 0) is 11.2 Å². The molecule has 0 aliphatic heterocycles. The van der Waals surface area contributed by atoms with Crippen LogP contribution in [0.5, 0.6) is 0 Å². The molecule has 0 radical (unpaired) electrons. The van der Waals surface area contributed by atoms with Crippen molar-refractivity contribution >= 4 is 17.2 Å². The quantitative estimate of drug-likeness (QED) is 0.836. The Balaban J connectivity index is 2.19. The number of thiophene rings is 1. The molecular formula is C11H15F3N2OS. The maximum atomic E-state index is 11.9. The van der Waals surface area contributed by atoms with Crippen molar-refractivity contribution in [2.24, 2.45) is 0 Å². The molecule has 0 spiro atoms. The van der Waals surface area contributed by atoms with Gasteiger partial charge in [0.25, 0.3) is 0 Å². The minimum absolute atomic E-state index is 0.553. The lowest BCUT2D eigenvalue weighted by Crippen LogP contribution is -2.45. The van der Waals surface area contributed by atoms with Crippen LogP contribution >= 0.6 is 11.3 Å². The van der Waals surface area contributed by atoms with Gasteiger partial charge in [-0.1, -0.05) is 0 Å². The Bertz CT molecular complexity index is 365. The van der Waals surface area contributed by atoms with Gasteiger partial charge in [0.2, 0.25) is 5.91 Å². The Morgan fingerprint density at radius 3 is 2.78 bits per heavy atom. The number of hydrogen-bond donors (Lipinski definition) is 2. The van der Waals surface area contributed by atoms with Crippen molar-refractivity contribution in [2.45, 2.75) is 25.6 Å². The standard InChI is InChI=1S/C11H15F3N2OS/c1-8(10(17)16-7-11(12,13)14)15-4-2-9-3-5-18-6-9/h3,5-6,8,15H,2,4,7H2,1H3,(H,16,17). The summed E-state index contributed by atoms with van der Waals surface area (Å²) >= 11 is 1.58. The molecule has 1 amide bonds. The molecule has 1 aromatic rings. The summed E-state index contributed by atoms with van der Waals surface area (Å²) in [6.07, 6.45) is -3.62. The molecule has 0 saturated heterocycles. The maximum absolute atomic E-state index is 11.9. The van der Waals surface area contributed by atoms with Crippen molar-refractivity contribution in [3.05, 3.63) is 22.4 Å². The van der Waals surface area contributed by atoms with Crippen LogP contribution in [0.3, 0.4) is 0 Å². The number of rotatable bonds is 6. The highest BCUT2D eigenvalue weighted by molar-refractivity contribution is 7.07. The first-order valence-electron chi connectivity index (χ1n) is 5.47. The summed E-state index contributed by atoms with van der Waals surface area (Å²) in [5.41, 5.74) is 1.15. The van der Waals surface area contributed by atoms with Crippen LogP contribution in [0.1, 0.15) is 12.5 Å². The van der Waals surface area contributed by atoms with E-state index in [2.05, 4.69) is 5.32 Å². The Labute approximate surface area is 107 Å². The molecule has 18 heavy (non-hydrogen) atoms. The Kier molecular flexibility index (Phi) is 5.61. The van der Waals surface area contributed by atoms with Crippen LogP contribution in [0.15, 0.2) is 16.8 Å². The first-order valence-corrected chi connectivity index (χ1v) is 6.41. The van der Waals surface area contributed by atoms with E-state index in [0.29, 0.717) is 6.54 Å². The van der Waals surface area contributed by atoms with E-state index >= 15 is 0 Å². The molecule has 0 saturated carbocycles. The summed E-state index contributed by atoms with van der Waals surface area (Å²) in [4.78, 5) is 11.3. The molecule has 1 heterocycles. The van der Waals surface area contributed by atoms with Crippen molar-refractivity contribution in [3.8, 4) is 0 Å². The molecular weight excluding hydrogens is 265 g/mol. The second kappa shape index (κ2) is 6.75. The zero-order valence-corrected chi connectivity index (χ0v) is 10.7. The molecule has 1 rings (SSSR count).